The van der Waals surface area contributed by atoms with Crippen LogP contribution >= 0.6 is 0 Å². The average molecular weight is 420 g/mol. The van der Waals surface area contributed by atoms with E-state index in [9.17, 15) is 9.59 Å². The van der Waals surface area contributed by atoms with Gasteiger partial charge in [-0.1, -0.05) is 56.3 Å². The molecular formula is C24H29N5O2. The predicted octanol–water partition coefficient (Wildman–Crippen LogP) is 3.25. The molecule has 0 aliphatic rings. The molecule has 7 heteroatoms. The Morgan fingerprint density at radius 2 is 1.71 bits per heavy atom. The van der Waals surface area contributed by atoms with Gasteiger partial charge in [0.05, 0.1) is 13.1 Å². The molecule has 0 spiro atoms. The van der Waals surface area contributed by atoms with E-state index < -0.39 is 11.2 Å². The molecule has 0 unspecified atom stereocenters. The smallest absolute Gasteiger partial charge is 0.317 e. The van der Waals surface area contributed by atoms with Crippen LogP contribution in [0.3, 0.4) is 0 Å². The summed E-state index contributed by atoms with van der Waals surface area (Å²) in [5.74, 6) is 0.802. The highest BCUT2D eigenvalue weighted by Gasteiger charge is 2.19. The Morgan fingerprint density at radius 1 is 1.00 bits per heavy atom. The normalized spacial score (nSPS) is 11.7. The topological polar surface area (TPSA) is 75.9 Å². The molecule has 7 nitrogen and oxygen atoms in total. The van der Waals surface area contributed by atoms with Crippen molar-refractivity contribution in [1.82, 2.24) is 24.0 Å². The maximum absolute atomic E-state index is 12.8. The quantitative estimate of drug-likeness (QED) is 0.476. The summed E-state index contributed by atoms with van der Waals surface area (Å²) >= 11 is 0. The number of rotatable bonds is 8. The van der Waals surface area contributed by atoms with Crippen molar-refractivity contribution in [3.63, 3.8) is 0 Å². The van der Waals surface area contributed by atoms with Crippen LogP contribution in [0.1, 0.15) is 38.1 Å². The number of fused-ring (bicyclic) bond motifs is 2. The number of aryl methyl sites for hydroxylation is 1. The number of H-pyrrole nitrogens is 1. The first-order valence-electron chi connectivity index (χ1n) is 10.9. The van der Waals surface area contributed by atoms with Gasteiger partial charge in [0.1, 0.15) is 5.82 Å². The highest BCUT2D eigenvalue weighted by atomic mass is 16.2. The average Bonchev–Trinajstić information content (AvgIpc) is 3.11. The molecule has 0 radical (unpaired) electrons. The van der Waals surface area contributed by atoms with Crippen LogP contribution in [0.4, 0.5) is 0 Å². The summed E-state index contributed by atoms with van der Waals surface area (Å²) in [6.07, 6.45) is 2.09. The van der Waals surface area contributed by atoms with Gasteiger partial charge >= 0.3 is 5.69 Å². The lowest BCUT2D eigenvalue weighted by Crippen LogP contribution is -2.29. The van der Waals surface area contributed by atoms with Crippen LogP contribution < -0.4 is 11.2 Å². The van der Waals surface area contributed by atoms with Crippen LogP contribution in [0.25, 0.3) is 21.9 Å². The molecular weight excluding hydrogens is 390 g/mol. The van der Waals surface area contributed by atoms with Gasteiger partial charge in [-0.15, -0.1) is 0 Å². The highest BCUT2D eigenvalue weighted by molar-refractivity contribution is 5.85. The zero-order chi connectivity index (χ0) is 22.0. The van der Waals surface area contributed by atoms with Crippen LogP contribution in [-0.2, 0) is 20.1 Å². The van der Waals surface area contributed by atoms with Gasteiger partial charge in [-0.25, -0.2) is 9.78 Å². The van der Waals surface area contributed by atoms with Crippen LogP contribution in [0.2, 0.25) is 0 Å². The van der Waals surface area contributed by atoms with Gasteiger partial charge in [-0.05, 0) is 42.3 Å². The van der Waals surface area contributed by atoms with Crippen molar-refractivity contribution in [2.45, 2.75) is 39.8 Å². The van der Waals surface area contributed by atoms with E-state index in [1.165, 1.54) is 4.57 Å². The Hall–Kier alpha value is -3.19. The van der Waals surface area contributed by atoms with Crippen molar-refractivity contribution in [2.24, 2.45) is 7.05 Å². The van der Waals surface area contributed by atoms with Gasteiger partial charge < -0.3 is 4.57 Å². The van der Waals surface area contributed by atoms with Gasteiger partial charge in [0.2, 0.25) is 0 Å². The summed E-state index contributed by atoms with van der Waals surface area (Å²) in [5, 5.41) is 2.31. The lowest BCUT2D eigenvalue weighted by atomic mass is 10.0. The van der Waals surface area contributed by atoms with Crippen molar-refractivity contribution >= 4 is 21.9 Å². The molecule has 0 amide bonds. The maximum atomic E-state index is 12.8. The Bertz CT molecular complexity index is 1320. The first kappa shape index (κ1) is 21.1. The van der Waals surface area contributed by atoms with Gasteiger partial charge in [-0.3, -0.25) is 19.2 Å². The molecule has 0 aliphatic heterocycles. The van der Waals surface area contributed by atoms with Crippen LogP contribution in [0.15, 0.2) is 52.1 Å². The van der Waals surface area contributed by atoms with Crippen molar-refractivity contribution in [3.8, 4) is 0 Å². The summed E-state index contributed by atoms with van der Waals surface area (Å²) in [5.41, 5.74) is 1.15. The standard InChI is InChI=1S/C24H29N5O2/c1-4-13-28(14-5-2)16-20-25-22-21(23(30)26-24(31)27(22)3)29(20)15-18-11-8-10-17-9-6-7-12-19(17)18/h6-12H,4-5,13-16H2,1-3H3,(H,26,30,31). The SMILES string of the molecule is CCCN(CCC)Cc1nc2c(c(=O)[nH]c(=O)n2C)n1Cc1cccc2ccccc12. The molecule has 0 saturated heterocycles. The van der Waals surface area contributed by atoms with Crippen molar-refractivity contribution in [2.75, 3.05) is 13.1 Å². The minimum atomic E-state index is -0.446. The zero-order valence-corrected chi connectivity index (χ0v) is 18.4. The second-order valence-corrected chi connectivity index (χ2v) is 8.02. The molecule has 2 aromatic carbocycles. The number of nitrogens with one attached hydrogen (secondary N) is 1. The first-order valence-corrected chi connectivity index (χ1v) is 10.9. The second-order valence-electron chi connectivity index (χ2n) is 8.02. The third-order valence-corrected chi connectivity index (χ3v) is 5.74. The molecule has 4 aromatic rings. The maximum Gasteiger partial charge on any atom is 0.329 e. The number of aromatic amines is 1. The van der Waals surface area contributed by atoms with Gasteiger partial charge in [0.15, 0.2) is 11.2 Å². The van der Waals surface area contributed by atoms with Crippen molar-refractivity contribution in [3.05, 3.63) is 74.7 Å². The number of imidazole rings is 1. The van der Waals surface area contributed by atoms with E-state index in [-0.39, 0.29) is 0 Å². The van der Waals surface area contributed by atoms with Gasteiger partial charge in [-0.2, -0.15) is 0 Å². The first-order chi connectivity index (χ1) is 15.0. The Kier molecular flexibility index (Phi) is 6.04. The molecule has 31 heavy (non-hydrogen) atoms. The number of aromatic nitrogens is 4. The number of hydrogen-bond acceptors (Lipinski definition) is 4. The summed E-state index contributed by atoms with van der Waals surface area (Å²) in [7, 11) is 1.65. The van der Waals surface area contributed by atoms with Crippen LogP contribution in [-0.4, -0.2) is 37.1 Å². The largest absolute Gasteiger partial charge is 0.329 e. The Balaban J connectivity index is 1.90. The van der Waals surface area contributed by atoms with E-state index in [2.05, 4.69) is 48.0 Å². The predicted molar refractivity (Wildman–Crippen MR) is 125 cm³/mol. The fourth-order valence-electron chi connectivity index (χ4n) is 4.27. The number of nitrogens with zero attached hydrogens (tertiary/aromatic N) is 4. The fourth-order valence-corrected chi connectivity index (χ4v) is 4.27. The lowest BCUT2D eigenvalue weighted by molar-refractivity contribution is 0.257. The molecule has 162 valence electrons. The third-order valence-electron chi connectivity index (χ3n) is 5.74. The fraction of sp³-hybridized carbons (Fsp3) is 0.375. The zero-order valence-electron chi connectivity index (χ0n) is 18.4. The summed E-state index contributed by atoms with van der Waals surface area (Å²) in [6.45, 7) is 7.39. The minimum absolute atomic E-state index is 0.394. The van der Waals surface area contributed by atoms with Gasteiger partial charge in [0, 0.05) is 7.05 Å². The summed E-state index contributed by atoms with van der Waals surface area (Å²) < 4.78 is 3.40. The molecule has 2 aromatic heterocycles. The van der Waals surface area contributed by atoms with Crippen LogP contribution in [0.5, 0.6) is 0 Å². The van der Waals surface area contributed by atoms with Crippen molar-refractivity contribution < 1.29 is 0 Å². The third kappa shape index (κ3) is 4.05. The van der Waals surface area contributed by atoms with Gasteiger partial charge in [0.25, 0.3) is 5.56 Å². The Labute approximate surface area is 181 Å². The molecule has 0 aliphatic carbocycles. The second kappa shape index (κ2) is 8.89. The molecule has 0 saturated carbocycles. The van der Waals surface area contributed by atoms with Crippen LogP contribution in [0, 0.1) is 0 Å². The van der Waals surface area contributed by atoms with E-state index in [1.54, 1.807) is 7.05 Å². The highest BCUT2D eigenvalue weighted by Crippen LogP contribution is 2.22. The number of benzene rings is 2. The molecule has 4 rings (SSSR count). The molecule has 0 bridgehead atoms. The molecule has 0 fully saturated rings. The van der Waals surface area contributed by atoms with E-state index in [0.29, 0.717) is 24.3 Å². The van der Waals surface area contributed by atoms with E-state index in [4.69, 9.17) is 4.98 Å². The van der Waals surface area contributed by atoms with Crippen molar-refractivity contribution in [1.29, 1.82) is 0 Å². The minimum Gasteiger partial charge on any atom is -0.317 e. The summed E-state index contributed by atoms with van der Waals surface area (Å²) in [4.78, 5) is 34.6. The molecule has 2 heterocycles. The number of hydrogen-bond donors (Lipinski definition) is 1. The van der Waals surface area contributed by atoms with E-state index >= 15 is 0 Å². The van der Waals surface area contributed by atoms with E-state index in [0.717, 1.165) is 48.1 Å². The lowest BCUT2D eigenvalue weighted by Gasteiger charge is -2.21. The Morgan fingerprint density at radius 3 is 2.45 bits per heavy atom. The molecule has 1 N–H and O–H groups in total. The molecule has 0 atom stereocenters. The monoisotopic (exact) mass is 419 g/mol. The van der Waals surface area contributed by atoms with E-state index in [1.807, 2.05) is 22.8 Å². The summed E-state index contributed by atoms with van der Waals surface area (Å²) in [6, 6.07) is 14.5.